The third kappa shape index (κ3) is 3.33. The molecule has 0 saturated carbocycles. The van der Waals surface area contributed by atoms with Crippen molar-refractivity contribution in [3.8, 4) is 23.0 Å². The van der Waals surface area contributed by atoms with Crippen LogP contribution < -0.4 is 4.74 Å². The molecule has 4 nitrogen and oxygen atoms in total. The van der Waals surface area contributed by atoms with Crippen LogP contribution in [0, 0.1) is 11.2 Å². The Morgan fingerprint density at radius 2 is 2.23 bits per heavy atom. The predicted octanol–water partition coefficient (Wildman–Crippen LogP) is 4.42. The molecule has 0 fully saturated rings. The second-order valence-corrected chi connectivity index (χ2v) is 5.20. The first-order chi connectivity index (χ1) is 10.8. The third-order valence-electron chi connectivity index (χ3n) is 3.76. The van der Waals surface area contributed by atoms with Crippen LogP contribution in [0.4, 0.5) is 0 Å². The molecule has 0 aliphatic carbocycles. The van der Waals surface area contributed by atoms with Crippen LogP contribution >= 0.6 is 0 Å². The fourth-order valence-corrected chi connectivity index (χ4v) is 2.77. The van der Waals surface area contributed by atoms with Crippen LogP contribution in [0.15, 0.2) is 35.3 Å². The molecule has 22 heavy (non-hydrogen) atoms. The van der Waals surface area contributed by atoms with E-state index in [2.05, 4.69) is 17.0 Å². The molecule has 1 unspecified atom stereocenters. The first-order valence-electron chi connectivity index (χ1n) is 7.83. The molecular weight excluding hydrogens is 275 g/mol. The van der Waals surface area contributed by atoms with Gasteiger partial charge in [-0.05, 0) is 24.0 Å². The third-order valence-corrected chi connectivity index (χ3v) is 3.76. The Morgan fingerprint density at radius 3 is 2.91 bits per heavy atom. The Kier molecular flexibility index (Phi) is 5.65. The number of fused-ring (bicyclic) bond motifs is 1. The maximum Gasteiger partial charge on any atom is 0.265 e. The van der Waals surface area contributed by atoms with Crippen molar-refractivity contribution in [3.63, 3.8) is 0 Å². The highest BCUT2D eigenvalue weighted by atomic mass is 16.5. The van der Waals surface area contributed by atoms with E-state index in [9.17, 15) is 0 Å². The number of ether oxygens (including phenoxy) is 1. The standard InChI is InChI=1S/C15H15BN2O2.C2H6/c1-16(9-17)7-11-5-6-20-15-12(11)3-2-4-13(15)14-8-19-10-18-14;1-2/h2-4,8,10-11H,5-7H2,1H3;1-2H3. The molecule has 1 atom stereocenters. The van der Waals surface area contributed by atoms with Crippen LogP contribution in [0.1, 0.15) is 31.7 Å². The quantitative estimate of drug-likeness (QED) is 0.786. The minimum Gasteiger partial charge on any atom is -0.493 e. The minimum absolute atomic E-state index is 0.0571. The van der Waals surface area contributed by atoms with Gasteiger partial charge in [-0.3, -0.25) is 0 Å². The van der Waals surface area contributed by atoms with E-state index in [1.807, 2.05) is 32.8 Å². The van der Waals surface area contributed by atoms with Gasteiger partial charge < -0.3 is 9.15 Å². The summed E-state index contributed by atoms with van der Waals surface area (Å²) in [7, 11) is 0. The van der Waals surface area contributed by atoms with E-state index in [1.54, 1.807) is 6.26 Å². The second-order valence-electron chi connectivity index (χ2n) is 5.20. The summed E-state index contributed by atoms with van der Waals surface area (Å²) in [6, 6.07) is 6.10. The smallest absolute Gasteiger partial charge is 0.265 e. The van der Waals surface area contributed by atoms with Gasteiger partial charge in [-0.1, -0.05) is 39.1 Å². The van der Waals surface area contributed by atoms with E-state index < -0.39 is 0 Å². The lowest BCUT2D eigenvalue weighted by Crippen LogP contribution is -2.19. The molecule has 0 saturated heterocycles. The molecule has 5 heteroatoms. The molecule has 0 spiro atoms. The highest BCUT2D eigenvalue weighted by molar-refractivity contribution is 6.65. The van der Waals surface area contributed by atoms with Crippen molar-refractivity contribution in [2.45, 2.75) is 39.3 Å². The highest BCUT2D eigenvalue weighted by Crippen LogP contribution is 2.42. The summed E-state index contributed by atoms with van der Waals surface area (Å²) in [5, 5.41) is 9.01. The molecule has 0 N–H and O–H groups in total. The van der Waals surface area contributed by atoms with Crippen molar-refractivity contribution in [1.82, 2.24) is 4.98 Å². The Labute approximate surface area is 132 Å². The second kappa shape index (κ2) is 7.70. The van der Waals surface area contributed by atoms with Crippen molar-refractivity contribution in [2.75, 3.05) is 6.61 Å². The molecule has 1 aromatic heterocycles. The first-order valence-corrected chi connectivity index (χ1v) is 7.83. The van der Waals surface area contributed by atoms with Gasteiger partial charge in [-0.2, -0.15) is 0 Å². The molecule has 1 aromatic carbocycles. The number of para-hydroxylation sites is 1. The molecule has 114 valence electrons. The van der Waals surface area contributed by atoms with Crippen LogP contribution in [-0.2, 0) is 0 Å². The van der Waals surface area contributed by atoms with Gasteiger partial charge in [0.05, 0.1) is 6.61 Å². The average molecular weight is 296 g/mol. The molecular formula is C17H21BN2O2. The Hall–Kier alpha value is -2.22. The summed E-state index contributed by atoms with van der Waals surface area (Å²) in [5.74, 6) is 3.58. The van der Waals surface area contributed by atoms with Crippen molar-refractivity contribution in [2.24, 2.45) is 0 Å². The number of aromatic nitrogens is 1. The Bertz CT molecular complexity index is 635. The summed E-state index contributed by atoms with van der Waals surface area (Å²) in [5.41, 5.74) is 2.93. The number of rotatable bonds is 3. The van der Waals surface area contributed by atoms with Crippen LogP contribution in [0.2, 0.25) is 13.1 Å². The molecule has 2 aromatic rings. The van der Waals surface area contributed by atoms with Gasteiger partial charge in [-0.25, -0.2) is 10.2 Å². The minimum atomic E-state index is 0.0571. The predicted molar refractivity (Wildman–Crippen MR) is 88.2 cm³/mol. The Morgan fingerprint density at radius 1 is 1.41 bits per heavy atom. The zero-order valence-electron chi connectivity index (χ0n) is 13.4. The summed E-state index contributed by atoms with van der Waals surface area (Å²) in [6.45, 7) is 6.71. The van der Waals surface area contributed by atoms with Gasteiger partial charge in [0.15, 0.2) is 6.39 Å². The van der Waals surface area contributed by atoms with E-state index in [1.165, 1.54) is 12.0 Å². The zero-order valence-corrected chi connectivity index (χ0v) is 13.4. The van der Waals surface area contributed by atoms with Crippen molar-refractivity contribution in [1.29, 1.82) is 5.26 Å². The first kappa shape index (κ1) is 16.2. The van der Waals surface area contributed by atoms with Gasteiger partial charge >= 0.3 is 0 Å². The summed E-state index contributed by atoms with van der Waals surface area (Å²) < 4.78 is 10.9. The van der Waals surface area contributed by atoms with Gasteiger partial charge in [0, 0.05) is 11.5 Å². The molecule has 0 bridgehead atoms. The fourth-order valence-electron chi connectivity index (χ4n) is 2.77. The van der Waals surface area contributed by atoms with Crippen molar-refractivity contribution in [3.05, 3.63) is 36.4 Å². The van der Waals surface area contributed by atoms with Crippen molar-refractivity contribution >= 4 is 6.71 Å². The van der Waals surface area contributed by atoms with E-state index in [4.69, 9.17) is 14.4 Å². The average Bonchev–Trinajstić information content (AvgIpc) is 3.10. The number of benzene rings is 1. The van der Waals surface area contributed by atoms with Gasteiger partial charge in [-0.15, -0.1) is 0 Å². The number of nitrogens with zero attached hydrogens (tertiary/aromatic N) is 2. The molecule has 1 aliphatic rings. The van der Waals surface area contributed by atoms with E-state index >= 15 is 0 Å². The van der Waals surface area contributed by atoms with Gasteiger partial charge in [0.2, 0.25) is 0 Å². The summed E-state index contributed by atoms with van der Waals surface area (Å²) in [4.78, 5) is 4.20. The van der Waals surface area contributed by atoms with Gasteiger partial charge in [0.1, 0.15) is 17.7 Å². The molecule has 0 amide bonds. The van der Waals surface area contributed by atoms with Crippen LogP contribution in [0.3, 0.4) is 0 Å². The van der Waals surface area contributed by atoms with Crippen LogP contribution in [0.5, 0.6) is 5.75 Å². The molecule has 1 aliphatic heterocycles. The normalized spacial score (nSPS) is 15.6. The van der Waals surface area contributed by atoms with E-state index in [-0.39, 0.29) is 6.71 Å². The fraction of sp³-hybridized carbons (Fsp3) is 0.412. The highest BCUT2D eigenvalue weighted by Gasteiger charge is 2.27. The van der Waals surface area contributed by atoms with Crippen molar-refractivity contribution < 1.29 is 9.15 Å². The summed E-state index contributed by atoms with van der Waals surface area (Å²) >= 11 is 0. The van der Waals surface area contributed by atoms with Crippen LogP contribution in [-0.4, -0.2) is 18.3 Å². The Balaban J connectivity index is 0.000000847. The SMILES string of the molecule is CB(C#N)CC1CCOc2c(-c3cocn3)cccc21.CC. The zero-order chi connectivity index (χ0) is 15.9. The van der Waals surface area contributed by atoms with Gasteiger partial charge in [0.25, 0.3) is 6.71 Å². The molecule has 2 heterocycles. The van der Waals surface area contributed by atoms with E-state index in [0.29, 0.717) is 12.5 Å². The molecule has 0 radical (unpaired) electrons. The lowest BCUT2D eigenvalue weighted by Gasteiger charge is -2.27. The maximum atomic E-state index is 9.01. The van der Waals surface area contributed by atoms with E-state index in [0.717, 1.165) is 29.7 Å². The monoisotopic (exact) mass is 296 g/mol. The number of nitriles is 1. The number of oxazole rings is 1. The number of hydrogen-bond donors (Lipinski definition) is 0. The largest absolute Gasteiger partial charge is 0.493 e. The van der Waals surface area contributed by atoms with Crippen LogP contribution in [0.25, 0.3) is 11.3 Å². The summed E-state index contributed by atoms with van der Waals surface area (Å²) in [6.07, 6.45) is 4.88. The lowest BCUT2D eigenvalue weighted by molar-refractivity contribution is 0.273. The molecule has 3 rings (SSSR count). The topological polar surface area (TPSA) is 59.0 Å². The maximum absolute atomic E-state index is 9.01. The lowest BCUT2D eigenvalue weighted by atomic mass is 9.48. The number of hydrogen-bond acceptors (Lipinski definition) is 4.